The van der Waals surface area contributed by atoms with Gasteiger partial charge in [0.05, 0.1) is 27.3 Å². The minimum Gasteiger partial charge on any atom is -0.726 e. The Balaban J connectivity index is 0.000000373. The average molecular weight is 707 g/mol. The number of carbonyl (C=O) groups excluding carboxylic acids is 4. The molecular weight excluding hydrogens is 676 g/mol. The number of imidazole rings is 2. The molecule has 4 heterocycles. The Bertz CT molecular complexity index is 1830. The number of H-pyrrole nitrogens is 2. The lowest BCUT2D eigenvalue weighted by Crippen LogP contribution is -2.45. The molecule has 0 radical (unpaired) electrons. The molecule has 0 spiro atoms. The molecule has 0 unspecified atom stereocenters. The van der Waals surface area contributed by atoms with Gasteiger partial charge in [-0.2, -0.15) is 0 Å². The van der Waals surface area contributed by atoms with Crippen LogP contribution in [0.5, 0.6) is 0 Å². The summed E-state index contributed by atoms with van der Waals surface area (Å²) >= 11 is 0. The maximum absolute atomic E-state index is 13.3. The molecule has 2 aromatic heterocycles. The van der Waals surface area contributed by atoms with Crippen molar-refractivity contribution in [3.8, 4) is 0 Å². The van der Waals surface area contributed by atoms with E-state index in [1.807, 2.05) is 34.2 Å². The fraction of sp³-hybridized carbons (Fsp3) is 0.286. The Kier molecular flexibility index (Phi) is 11.2. The van der Waals surface area contributed by atoms with Crippen LogP contribution in [0.15, 0.2) is 61.7 Å². The van der Waals surface area contributed by atoms with E-state index in [1.54, 1.807) is 36.7 Å². The molecule has 2 aromatic carbocycles. The number of nitrogens with one attached hydrogen (secondary N) is 2. The number of carbonyl (C=O) groups is 4. The molecule has 0 aliphatic carbocycles. The fourth-order valence-electron chi connectivity index (χ4n) is 5.12. The number of hydrogen-bond donors (Lipinski definition) is 2. The molecule has 6 rings (SSSR count). The fourth-order valence-corrected chi connectivity index (χ4v) is 5.12. The molecule has 18 nitrogen and oxygen atoms in total. The van der Waals surface area contributed by atoms with E-state index in [0.29, 0.717) is 59.0 Å². The van der Waals surface area contributed by atoms with Gasteiger partial charge in [-0.25, -0.2) is 26.0 Å². The molecule has 4 aromatic rings. The number of amides is 4. The van der Waals surface area contributed by atoms with Crippen LogP contribution in [0, 0.1) is 0 Å². The molecule has 0 bridgehead atoms. The lowest BCUT2D eigenvalue weighted by atomic mass is 9.86. The van der Waals surface area contributed by atoms with Crippen LogP contribution in [-0.4, -0.2) is 96.6 Å². The van der Waals surface area contributed by atoms with Gasteiger partial charge in [0.1, 0.15) is 24.8 Å². The predicted octanol–water partition coefficient (Wildman–Crippen LogP) is -0.370. The number of imide groups is 2. The minimum absolute atomic E-state index is 0.269. The van der Waals surface area contributed by atoms with Gasteiger partial charge in [-0.1, -0.05) is 0 Å². The molecule has 4 amide bonds. The Hall–Kier alpha value is -4.86. The second-order valence-electron chi connectivity index (χ2n) is 10.2. The molecule has 256 valence electrons. The largest absolute Gasteiger partial charge is 0.726 e. The third-order valence-electron chi connectivity index (χ3n) is 7.27. The smallest absolute Gasteiger partial charge is 0.261 e. The summed E-state index contributed by atoms with van der Waals surface area (Å²) in [5.74, 6) is -1.61. The lowest BCUT2D eigenvalue weighted by Gasteiger charge is -2.31. The first-order valence-electron chi connectivity index (χ1n) is 14.1. The lowest BCUT2D eigenvalue weighted by molar-refractivity contribution is -0.696. The van der Waals surface area contributed by atoms with E-state index in [1.165, 1.54) is 9.80 Å². The SMILES string of the molecule is COS(=O)(=O)[O-].COS(=O)(=O)[O-].O=C1c2ccc3c4c(ccc(c24)C(=O)N1CCC[n+]1cc[nH]c1)C(=O)N(CCC[n+]1cc[nH]c1)C3=O. The number of nitrogens with zero attached hydrogens (tertiary/aromatic N) is 4. The molecule has 2 N–H and O–H groups in total. The highest BCUT2D eigenvalue weighted by Crippen LogP contribution is 2.37. The van der Waals surface area contributed by atoms with Gasteiger partial charge in [-0.3, -0.25) is 47.3 Å². The zero-order chi connectivity index (χ0) is 35.2. The van der Waals surface area contributed by atoms with E-state index >= 15 is 0 Å². The molecular formula is C28H30N6O12S2. The monoisotopic (exact) mass is 706 g/mol. The maximum Gasteiger partial charge on any atom is 0.261 e. The summed E-state index contributed by atoms with van der Waals surface area (Å²) in [6, 6.07) is 6.43. The summed E-state index contributed by atoms with van der Waals surface area (Å²) in [6.45, 7) is 1.85. The van der Waals surface area contributed by atoms with Gasteiger partial charge < -0.3 is 9.11 Å². The van der Waals surface area contributed by atoms with Crippen molar-refractivity contribution in [1.82, 2.24) is 19.8 Å². The minimum atomic E-state index is -4.41. The van der Waals surface area contributed by atoms with Crippen LogP contribution in [-0.2, 0) is 42.3 Å². The summed E-state index contributed by atoms with van der Waals surface area (Å²) in [7, 11) is -7.21. The number of aryl methyl sites for hydroxylation is 2. The van der Waals surface area contributed by atoms with E-state index in [9.17, 15) is 45.1 Å². The molecule has 2 aliphatic rings. The van der Waals surface area contributed by atoms with Crippen LogP contribution in [0.25, 0.3) is 10.8 Å². The second kappa shape index (κ2) is 14.9. The van der Waals surface area contributed by atoms with Crippen molar-refractivity contribution >= 4 is 55.2 Å². The molecule has 48 heavy (non-hydrogen) atoms. The third kappa shape index (κ3) is 8.34. The number of aromatic nitrogens is 4. The number of rotatable bonds is 10. The Morgan fingerprint density at radius 2 is 0.917 bits per heavy atom. The van der Waals surface area contributed by atoms with Crippen LogP contribution in [0.4, 0.5) is 0 Å². The van der Waals surface area contributed by atoms with Gasteiger partial charge in [0.25, 0.3) is 23.6 Å². The highest BCUT2D eigenvalue weighted by molar-refractivity contribution is 7.81. The van der Waals surface area contributed by atoms with Crippen molar-refractivity contribution in [2.24, 2.45) is 0 Å². The highest BCUT2D eigenvalue weighted by atomic mass is 32.3. The van der Waals surface area contributed by atoms with E-state index < -0.39 is 44.4 Å². The van der Waals surface area contributed by atoms with Gasteiger partial charge in [0, 0.05) is 59.0 Å². The number of hydrogen-bond acceptors (Lipinski definition) is 12. The van der Waals surface area contributed by atoms with Crippen molar-refractivity contribution in [2.45, 2.75) is 25.9 Å². The Morgan fingerprint density at radius 1 is 0.625 bits per heavy atom. The summed E-state index contributed by atoms with van der Waals surface area (Å²) in [5.41, 5.74) is 1.38. The van der Waals surface area contributed by atoms with E-state index in [4.69, 9.17) is 0 Å². The zero-order valence-corrected chi connectivity index (χ0v) is 27.2. The predicted molar refractivity (Wildman–Crippen MR) is 159 cm³/mol. The van der Waals surface area contributed by atoms with E-state index in [-0.39, 0.29) is 13.1 Å². The Labute approximate surface area is 274 Å². The van der Waals surface area contributed by atoms with Crippen LogP contribution < -0.4 is 9.13 Å². The van der Waals surface area contributed by atoms with Crippen LogP contribution in [0.3, 0.4) is 0 Å². The zero-order valence-electron chi connectivity index (χ0n) is 25.5. The summed E-state index contributed by atoms with van der Waals surface area (Å²) in [4.78, 5) is 61.7. The second-order valence-corrected chi connectivity index (χ2v) is 12.5. The van der Waals surface area contributed by atoms with Gasteiger partial charge in [0.2, 0.25) is 33.5 Å². The van der Waals surface area contributed by atoms with Gasteiger partial charge in [0.15, 0.2) is 0 Å². The van der Waals surface area contributed by atoms with Gasteiger partial charge >= 0.3 is 0 Å². The quantitative estimate of drug-likeness (QED) is 0.0928. The van der Waals surface area contributed by atoms with Crippen molar-refractivity contribution in [1.29, 1.82) is 0 Å². The van der Waals surface area contributed by atoms with Crippen LogP contribution in [0.2, 0.25) is 0 Å². The molecule has 20 heteroatoms. The molecule has 2 aliphatic heterocycles. The topological polar surface area (TPSA) is 247 Å². The number of benzene rings is 2. The average Bonchev–Trinajstić information content (AvgIpc) is 3.77. The first-order chi connectivity index (χ1) is 22.7. The number of aromatic amines is 2. The van der Waals surface area contributed by atoms with Crippen LogP contribution >= 0.6 is 0 Å². The highest BCUT2D eigenvalue weighted by Gasteiger charge is 2.39. The van der Waals surface area contributed by atoms with Crippen molar-refractivity contribution in [3.05, 3.63) is 84.0 Å². The first kappa shape index (κ1) is 36.0. The van der Waals surface area contributed by atoms with Gasteiger partial charge in [-0.15, -0.1) is 0 Å². The maximum atomic E-state index is 13.3. The van der Waals surface area contributed by atoms with E-state index in [0.717, 1.165) is 14.2 Å². The summed E-state index contributed by atoms with van der Waals surface area (Å²) < 4.78 is 65.9. The molecule has 0 atom stereocenters. The van der Waals surface area contributed by atoms with Crippen LogP contribution in [0.1, 0.15) is 54.3 Å². The molecule has 0 fully saturated rings. The van der Waals surface area contributed by atoms with Crippen molar-refractivity contribution < 1.29 is 62.6 Å². The van der Waals surface area contributed by atoms with Gasteiger partial charge in [-0.05, 0) is 24.3 Å². The summed E-state index contributed by atoms with van der Waals surface area (Å²) in [6.07, 6.45) is 12.2. The Morgan fingerprint density at radius 3 is 1.15 bits per heavy atom. The first-order valence-corrected chi connectivity index (χ1v) is 16.7. The molecule has 0 saturated carbocycles. The molecule has 0 saturated heterocycles. The van der Waals surface area contributed by atoms with E-state index in [2.05, 4.69) is 18.3 Å². The van der Waals surface area contributed by atoms with Crippen molar-refractivity contribution in [3.63, 3.8) is 0 Å². The van der Waals surface area contributed by atoms with Crippen molar-refractivity contribution in [2.75, 3.05) is 27.3 Å². The third-order valence-corrected chi connectivity index (χ3v) is 8.09. The normalized spacial score (nSPS) is 14.1. The standard InChI is InChI=1S/C26H22N6O4.2CH4O4S/c33-23-17-3-5-19-22-20(26(36)32(25(19)35)12-2-10-30-14-8-28-16-30)6-4-18(21(17)22)24(34)31(23)11-1-9-29-13-7-27-15-29;2*1-5-6(2,3)4/h3-8,13-16H,1-2,9-12H2;2*1H3,(H,2,3,4). The summed E-state index contributed by atoms with van der Waals surface area (Å²) in [5, 5.41) is 0.806.